The number of thiophene rings is 1. The van der Waals surface area contributed by atoms with E-state index in [2.05, 4.69) is 24.0 Å². The maximum atomic E-state index is 12.0. The summed E-state index contributed by atoms with van der Waals surface area (Å²) in [5.41, 5.74) is -0.0142. The van der Waals surface area contributed by atoms with Gasteiger partial charge in [-0.05, 0) is 37.9 Å². The number of fused-ring (bicyclic) bond motifs is 1. The minimum absolute atomic E-state index is 0.0142. The summed E-state index contributed by atoms with van der Waals surface area (Å²) in [5.74, 6) is 0.354. The van der Waals surface area contributed by atoms with Crippen molar-refractivity contribution in [3.05, 3.63) is 21.9 Å². The number of nitrogens with zero attached hydrogens (tertiary/aromatic N) is 2. The van der Waals surface area contributed by atoms with E-state index in [-0.39, 0.29) is 5.41 Å². The fourth-order valence-electron chi connectivity index (χ4n) is 4.01. The number of ether oxygens (including phenoxy) is 1. The van der Waals surface area contributed by atoms with E-state index >= 15 is 0 Å². The molecule has 3 heterocycles. The number of hydrogen-bond donors (Lipinski definition) is 0. The Bertz CT molecular complexity index is 658. The third-order valence-corrected chi connectivity index (χ3v) is 7.46. The molecule has 23 heavy (non-hydrogen) atoms. The fraction of sp³-hybridized carbons (Fsp3) is 0.750. The highest BCUT2D eigenvalue weighted by Crippen LogP contribution is 2.44. The van der Waals surface area contributed by atoms with Crippen LogP contribution in [0.4, 0.5) is 0 Å². The summed E-state index contributed by atoms with van der Waals surface area (Å²) >= 11 is 1.85. The molecule has 2 fully saturated rings. The molecule has 0 bridgehead atoms. The number of likely N-dealkylation sites (tertiary alicyclic amines) is 1. The molecule has 0 unspecified atom stereocenters. The summed E-state index contributed by atoms with van der Waals surface area (Å²) < 4.78 is 31.1. The van der Waals surface area contributed by atoms with Crippen LogP contribution in [-0.2, 0) is 21.3 Å². The lowest BCUT2D eigenvalue weighted by atomic mass is 9.73. The molecule has 7 heteroatoms. The first-order valence-electron chi connectivity index (χ1n) is 8.04. The van der Waals surface area contributed by atoms with Gasteiger partial charge in [0.05, 0.1) is 12.9 Å². The SMILES string of the molecule is COC[C@@]12CCN(Cc3ccc(C)s3)C[C@@H]1CN(S(C)(=O)=O)C2. The second kappa shape index (κ2) is 6.44. The van der Waals surface area contributed by atoms with E-state index in [4.69, 9.17) is 4.74 Å². The molecule has 0 N–H and O–H groups in total. The van der Waals surface area contributed by atoms with Crippen molar-refractivity contribution in [3.63, 3.8) is 0 Å². The average Bonchev–Trinajstić information content (AvgIpc) is 3.03. The first-order valence-corrected chi connectivity index (χ1v) is 10.7. The Morgan fingerprint density at radius 1 is 1.39 bits per heavy atom. The second-order valence-electron chi connectivity index (χ2n) is 7.05. The monoisotopic (exact) mass is 358 g/mol. The first-order chi connectivity index (χ1) is 10.8. The lowest BCUT2D eigenvalue weighted by molar-refractivity contribution is -0.000819. The van der Waals surface area contributed by atoms with Crippen LogP contribution < -0.4 is 0 Å². The third-order valence-electron chi connectivity index (χ3n) is 5.26. The van der Waals surface area contributed by atoms with Crippen LogP contribution in [0.15, 0.2) is 12.1 Å². The number of methoxy groups -OCH3 is 1. The molecule has 1 aromatic heterocycles. The maximum absolute atomic E-state index is 12.0. The molecule has 0 amide bonds. The summed E-state index contributed by atoms with van der Waals surface area (Å²) in [6.45, 7) is 6.95. The summed E-state index contributed by atoms with van der Waals surface area (Å²) in [4.78, 5) is 5.20. The summed E-state index contributed by atoms with van der Waals surface area (Å²) in [6.07, 6.45) is 2.32. The van der Waals surface area contributed by atoms with Crippen LogP contribution in [0.25, 0.3) is 0 Å². The van der Waals surface area contributed by atoms with Crippen molar-refractivity contribution in [3.8, 4) is 0 Å². The maximum Gasteiger partial charge on any atom is 0.211 e. The predicted molar refractivity (Wildman–Crippen MR) is 93.2 cm³/mol. The molecule has 3 rings (SSSR count). The van der Waals surface area contributed by atoms with E-state index in [1.54, 1.807) is 11.4 Å². The molecule has 1 aromatic rings. The molecule has 2 atom stereocenters. The molecule has 0 radical (unpaired) electrons. The van der Waals surface area contributed by atoms with Gasteiger partial charge in [-0.1, -0.05) is 0 Å². The number of sulfonamides is 1. The lowest BCUT2D eigenvalue weighted by Crippen LogP contribution is -2.48. The normalized spacial score (nSPS) is 29.8. The Morgan fingerprint density at radius 3 is 2.78 bits per heavy atom. The van der Waals surface area contributed by atoms with Crippen LogP contribution >= 0.6 is 11.3 Å². The number of rotatable bonds is 5. The molecule has 0 aliphatic carbocycles. The quantitative estimate of drug-likeness (QED) is 0.805. The third kappa shape index (κ3) is 3.64. The molecular formula is C16H26N2O3S2. The average molecular weight is 359 g/mol. The fourth-order valence-corrected chi connectivity index (χ4v) is 5.89. The van der Waals surface area contributed by atoms with Crippen molar-refractivity contribution in [1.29, 1.82) is 0 Å². The molecule has 0 saturated carbocycles. The summed E-state index contributed by atoms with van der Waals surface area (Å²) in [7, 11) is -1.41. The van der Waals surface area contributed by atoms with Gasteiger partial charge in [0.2, 0.25) is 10.0 Å². The summed E-state index contributed by atoms with van der Waals surface area (Å²) in [6, 6.07) is 4.37. The van der Waals surface area contributed by atoms with Crippen LogP contribution in [0.2, 0.25) is 0 Å². The van der Waals surface area contributed by atoms with Crippen molar-refractivity contribution < 1.29 is 13.2 Å². The van der Waals surface area contributed by atoms with Crippen LogP contribution in [-0.4, -0.2) is 63.8 Å². The van der Waals surface area contributed by atoms with E-state index in [1.807, 2.05) is 11.3 Å². The Morgan fingerprint density at radius 2 is 2.17 bits per heavy atom. The minimum Gasteiger partial charge on any atom is -0.384 e. The van der Waals surface area contributed by atoms with E-state index in [0.29, 0.717) is 25.6 Å². The Hall–Kier alpha value is -0.470. The van der Waals surface area contributed by atoms with Crippen molar-refractivity contribution >= 4 is 21.4 Å². The molecule has 130 valence electrons. The van der Waals surface area contributed by atoms with Crippen LogP contribution in [0.1, 0.15) is 16.2 Å². The van der Waals surface area contributed by atoms with E-state index in [0.717, 1.165) is 26.1 Å². The van der Waals surface area contributed by atoms with Gasteiger partial charge in [-0.25, -0.2) is 12.7 Å². The minimum atomic E-state index is -3.13. The number of aryl methyl sites for hydroxylation is 1. The number of piperidine rings is 1. The Kier molecular flexibility index (Phi) is 4.86. The molecule has 0 spiro atoms. The van der Waals surface area contributed by atoms with Crippen LogP contribution in [0.3, 0.4) is 0 Å². The van der Waals surface area contributed by atoms with E-state index in [9.17, 15) is 8.42 Å². The van der Waals surface area contributed by atoms with Gasteiger partial charge in [0.1, 0.15) is 0 Å². The van der Waals surface area contributed by atoms with Gasteiger partial charge in [-0.15, -0.1) is 11.3 Å². The highest BCUT2D eigenvalue weighted by molar-refractivity contribution is 7.88. The molecule has 2 aliphatic rings. The summed E-state index contributed by atoms with van der Waals surface area (Å²) in [5, 5.41) is 0. The van der Waals surface area contributed by atoms with E-state index < -0.39 is 10.0 Å². The topological polar surface area (TPSA) is 49.9 Å². The molecule has 2 aliphatic heterocycles. The standard InChI is InChI=1S/C16H26N2O3S2/c1-13-4-5-15(22-13)10-17-7-6-16(12-21-2)11-18(23(3,19)20)9-14(16)8-17/h4-5,14H,6-12H2,1-3H3/t14-,16+/m1/s1. The van der Waals surface area contributed by atoms with Gasteiger partial charge in [0.25, 0.3) is 0 Å². The van der Waals surface area contributed by atoms with Gasteiger partial charge >= 0.3 is 0 Å². The predicted octanol–water partition coefficient (Wildman–Crippen LogP) is 1.79. The van der Waals surface area contributed by atoms with Crippen molar-refractivity contribution in [2.45, 2.75) is 19.9 Å². The highest BCUT2D eigenvalue weighted by atomic mass is 32.2. The van der Waals surface area contributed by atoms with Gasteiger partial charge in [0, 0.05) is 48.5 Å². The lowest BCUT2D eigenvalue weighted by Gasteiger charge is -2.43. The largest absolute Gasteiger partial charge is 0.384 e. The van der Waals surface area contributed by atoms with Crippen molar-refractivity contribution in [2.24, 2.45) is 11.3 Å². The second-order valence-corrected chi connectivity index (χ2v) is 10.4. The molecular weight excluding hydrogens is 332 g/mol. The molecule has 2 saturated heterocycles. The first kappa shape index (κ1) is 17.4. The zero-order chi connectivity index (χ0) is 16.7. The Labute approximate surface area is 143 Å². The van der Waals surface area contributed by atoms with Crippen molar-refractivity contribution in [1.82, 2.24) is 9.21 Å². The zero-order valence-electron chi connectivity index (χ0n) is 14.1. The van der Waals surface area contributed by atoms with Gasteiger partial charge in [0.15, 0.2) is 0 Å². The van der Waals surface area contributed by atoms with Gasteiger partial charge < -0.3 is 4.74 Å². The number of hydrogen-bond acceptors (Lipinski definition) is 5. The van der Waals surface area contributed by atoms with Gasteiger partial charge in [-0.3, -0.25) is 4.90 Å². The smallest absolute Gasteiger partial charge is 0.211 e. The highest BCUT2D eigenvalue weighted by Gasteiger charge is 2.51. The Balaban J connectivity index is 1.72. The zero-order valence-corrected chi connectivity index (χ0v) is 15.8. The molecule has 5 nitrogen and oxygen atoms in total. The van der Waals surface area contributed by atoms with Crippen LogP contribution in [0.5, 0.6) is 0 Å². The molecule has 0 aromatic carbocycles. The van der Waals surface area contributed by atoms with Crippen molar-refractivity contribution in [2.75, 3.05) is 46.2 Å². The van der Waals surface area contributed by atoms with Crippen LogP contribution in [0, 0.1) is 18.3 Å². The van der Waals surface area contributed by atoms with Gasteiger partial charge in [-0.2, -0.15) is 0 Å². The van der Waals surface area contributed by atoms with E-state index in [1.165, 1.54) is 16.0 Å².